The van der Waals surface area contributed by atoms with Crippen LogP contribution in [0.4, 0.5) is 4.79 Å². The molecule has 1 aliphatic carbocycles. The zero-order valence-electron chi connectivity index (χ0n) is 7.41. The van der Waals surface area contributed by atoms with Crippen LogP contribution in [0, 0.1) is 5.92 Å². The lowest BCUT2D eigenvalue weighted by Crippen LogP contribution is -2.46. The zero-order chi connectivity index (χ0) is 9.31. The van der Waals surface area contributed by atoms with E-state index in [2.05, 4.69) is 5.32 Å². The van der Waals surface area contributed by atoms with E-state index in [1.165, 1.54) is 0 Å². The van der Waals surface area contributed by atoms with Gasteiger partial charge in [0.25, 0.3) is 0 Å². The van der Waals surface area contributed by atoms with Crippen LogP contribution in [-0.4, -0.2) is 24.5 Å². The topological polar surface area (TPSA) is 55.4 Å². The van der Waals surface area contributed by atoms with Crippen LogP contribution in [-0.2, 0) is 9.53 Å². The number of rotatable bonds is 1. The number of amides is 1. The molecule has 1 aliphatic heterocycles. The molecule has 1 heterocycles. The first kappa shape index (κ1) is 8.53. The fourth-order valence-electron chi connectivity index (χ4n) is 2.09. The first-order valence-electron chi connectivity index (χ1n) is 4.64. The van der Waals surface area contributed by atoms with Crippen LogP contribution < -0.4 is 5.32 Å². The lowest BCUT2D eigenvalue weighted by atomic mass is 9.78. The molecule has 2 rings (SSSR count). The maximum Gasteiger partial charge on any atom is 0.407 e. The van der Waals surface area contributed by atoms with Gasteiger partial charge in [-0.05, 0) is 25.7 Å². The van der Waals surface area contributed by atoms with E-state index in [-0.39, 0.29) is 17.6 Å². The molecule has 72 valence electrons. The summed E-state index contributed by atoms with van der Waals surface area (Å²) in [6.45, 7) is 0.470. The molecular formula is C9H13NO3. The lowest BCUT2D eigenvalue weighted by molar-refractivity contribution is -0.112. The maximum absolute atomic E-state index is 10.9. The Balaban J connectivity index is 1.97. The highest BCUT2D eigenvalue weighted by Crippen LogP contribution is 2.33. The molecule has 0 aromatic heterocycles. The molecule has 4 heteroatoms. The fourth-order valence-corrected chi connectivity index (χ4v) is 2.09. The summed E-state index contributed by atoms with van der Waals surface area (Å²) >= 11 is 0. The molecule has 1 N–H and O–H groups in total. The van der Waals surface area contributed by atoms with Crippen LogP contribution in [0.2, 0.25) is 0 Å². The van der Waals surface area contributed by atoms with Crippen molar-refractivity contribution in [2.75, 3.05) is 6.61 Å². The minimum absolute atomic E-state index is 0.156. The monoisotopic (exact) mass is 183 g/mol. The van der Waals surface area contributed by atoms with E-state index in [1.807, 2.05) is 0 Å². The summed E-state index contributed by atoms with van der Waals surface area (Å²) in [6.07, 6.45) is 4.17. The van der Waals surface area contributed by atoms with Crippen molar-refractivity contribution in [1.29, 1.82) is 0 Å². The molecule has 1 spiro atoms. The molecule has 1 amide bonds. The van der Waals surface area contributed by atoms with Crippen molar-refractivity contribution in [2.45, 2.75) is 31.2 Å². The Labute approximate surface area is 76.6 Å². The average molecular weight is 183 g/mol. The van der Waals surface area contributed by atoms with Crippen molar-refractivity contribution >= 4 is 12.4 Å². The Hall–Kier alpha value is -1.06. The standard InChI is InChI=1S/C9H13NO3/c11-5-7-1-3-9(4-2-7)6-13-8(12)10-9/h5,7H,1-4,6H2,(H,10,12). The van der Waals surface area contributed by atoms with Gasteiger partial charge in [-0.15, -0.1) is 0 Å². The number of cyclic esters (lactones) is 1. The van der Waals surface area contributed by atoms with Crippen LogP contribution in [0.5, 0.6) is 0 Å². The molecule has 1 saturated carbocycles. The van der Waals surface area contributed by atoms with Gasteiger partial charge in [-0.2, -0.15) is 0 Å². The van der Waals surface area contributed by atoms with Gasteiger partial charge in [0.2, 0.25) is 0 Å². The van der Waals surface area contributed by atoms with Gasteiger partial charge < -0.3 is 14.8 Å². The number of alkyl carbamates (subject to hydrolysis) is 1. The molecule has 1 saturated heterocycles. The Morgan fingerprint density at radius 2 is 2.15 bits per heavy atom. The second-order valence-corrected chi connectivity index (χ2v) is 3.95. The van der Waals surface area contributed by atoms with Gasteiger partial charge in [0.15, 0.2) is 0 Å². The molecule has 0 radical (unpaired) electrons. The van der Waals surface area contributed by atoms with Crippen LogP contribution >= 0.6 is 0 Å². The summed E-state index contributed by atoms with van der Waals surface area (Å²) in [5.41, 5.74) is -0.156. The second-order valence-electron chi connectivity index (χ2n) is 3.95. The number of carbonyl (C=O) groups is 2. The third-order valence-electron chi connectivity index (χ3n) is 3.03. The Morgan fingerprint density at radius 1 is 1.46 bits per heavy atom. The van der Waals surface area contributed by atoms with Crippen LogP contribution in [0.25, 0.3) is 0 Å². The second kappa shape index (κ2) is 3.01. The van der Waals surface area contributed by atoms with E-state index in [1.54, 1.807) is 0 Å². The summed E-state index contributed by atoms with van der Waals surface area (Å²) in [5, 5.41) is 2.84. The third-order valence-corrected chi connectivity index (χ3v) is 3.03. The number of carbonyl (C=O) groups excluding carboxylic acids is 2. The molecule has 2 aliphatic rings. The minimum Gasteiger partial charge on any atom is -0.447 e. The SMILES string of the molecule is O=CC1CCC2(CC1)COC(=O)N2. The number of hydrogen-bond donors (Lipinski definition) is 1. The Bertz CT molecular complexity index is 231. The average Bonchev–Trinajstić information content (AvgIpc) is 2.49. The van der Waals surface area contributed by atoms with Crippen LogP contribution in [0.15, 0.2) is 0 Å². The molecule has 2 fully saturated rings. The van der Waals surface area contributed by atoms with Gasteiger partial charge in [0, 0.05) is 5.92 Å². The highest BCUT2D eigenvalue weighted by Gasteiger charge is 2.42. The van der Waals surface area contributed by atoms with Crippen LogP contribution in [0.3, 0.4) is 0 Å². The van der Waals surface area contributed by atoms with E-state index in [0.29, 0.717) is 6.61 Å². The third kappa shape index (κ3) is 1.53. The van der Waals surface area contributed by atoms with Crippen molar-refractivity contribution in [3.05, 3.63) is 0 Å². The normalized spacial score (nSPS) is 38.5. The molecule has 0 unspecified atom stereocenters. The fraction of sp³-hybridized carbons (Fsp3) is 0.778. The van der Waals surface area contributed by atoms with Crippen LogP contribution in [0.1, 0.15) is 25.7 Å². The number of hydrogen-bond acceptors (Lipinski definition) is 3. The van der Waals surface area contributed by atoms with Gasteiger partial charge in [0.05, 0.1) is 5.54 Å². The summed E-state index contributed by atoms with van der Waals surface area (Å²) < 4.78 is 4.88. The van der Waals surface area contributed by atoms with Gasteiger partial charge in [-0.25, -0.2) is 4.79 Å². The summed E-state index contributed by atoms with van der Waals surface area (Å²) in [7, 11) is 0. The predicted molar refractivity (Wildman–Crippen MR) is 45.2 cm³/mol. The van der Waals surface area contributed by atoms with E-state index < -0.39 is 0 Å². The molecule has 4 nitrogen and oxygen atoms in total. The van der Waals surface area contributed by atoms with Gasteiger partial charge >= 0.3 is 6.09 Å². The van der Waals surface area contributed by atoms with Crippen molar-refractivity contribution in [1.82, 2.24) is 5.32 Å². The highest BCUT2D eigenvalue weighted by molar-refractivity contribution is 5.70. The number of ether oxygens (including phenoxy) is 1. The largest absolute Gasteiger partial charge is 0.447 e. The summed E-state index contributed by atoms with van der Waals surface area (Å²) in [4.78, 5) is 21.4. The summed E-state index contributed by atoms with van der Waals surface area (Å²) in [5.74, 6) is 0.183. The van der Waals surface area contributed by atoms with Gasteiger partial charge in [-0.3, -0.25) is 0 Å². The Morgan fingerprint density at radius 3 is 2.62 bits per heavy atom. The molecule has 0 atom stereocenters. The molecular weight excluding hydrogens is 170 g/mol. The van der Waals surface area contributed by atoms with Crippen molar-refractivity contribution in [3.63, 3.8) is 0 Å². The number of aldehydes is 1. The van der Waals surface area contributed by atoms with Crippen molar-refractivity contribution in [2.24, 2.45) is 5.92 Å². The van der Waals surface area contributed by atoms with E-state index in [4.69, 9.17) is 4.74 Å². The molecule has 0 aromatic rings. The zero-order valence-corrected chi connectivity index (χ0v) is 7.41. The first-order chi connectivity index (χ1) is 6.24. The first-order valence-corrected chi connectivity index (χ1v) is 4.64. The lowest BCUT2D eigenvalue weighted by Gasteiger charge is -2.32. The van der Waals surface area contributed by atoms with E-state index in [0.717, 1.165) is 32.0 Å². The predicted octanol–water partition coefficient (Wildman–Crippen LogP) is 0.854. The summed E-state index contributed by atoms with van der Waals surface area (Å²) in [6, 6.07) is 0. The molecule has 0 bridgehead atoms. The van der Waals surface area contributed by atoms with E-state index in [9.17, 15) is 9.59 Å². The quantitative estimate of drug-likeness (QED) is 0.613. The van der Waals surface area contributed by atoms with Crippen molar-refractivity contribution in [3.8, 4) is 0 Å². The van der Waals surface area contributed by atoms with Gasteiger partial charge in [-0.1, -0.05) is 0 Å². The van der Waals surface area contributed by atoms with Crippen molar-refractivity contribution < 1.29 is 14.3 Å². The highest BCUT2D eigenvalue weighted by atomic mass is 16.6. The van der Waals surface area contributed by atoms with E-state index >= 15 is 0 Å². The van der Waals surface area contributed by atoms with Gasteiger partial charge in [0.1, 0.15) is 12.9 Å². The molecule has 0 aromatic carbocycles. The smallest absolute Gasteiger partial charge is 0.407 e. The number of nitrogens with one attached hydrogen (secondary N) is 1. The molecule has 13 heavy (non-hydrogen) atoms. The Kier molecular flexibility index (Phi) is 1.98. The minimum atomic E-state index is -0.315. The maximum atomic E-state index is 10.9.